The van der Waals surface area contributed by atoms with Crippen LogP contribution in [0, 0.1) is 6.92 Å². The monoisotopic (exact) mass is 380 g/mol. The molecule has 1 unspecified atom stereocenters. The minimum Gasteiger partial charge on any atom is -0.507 e. The average Bonchev–Trinajstić information content (AvgIpc) is 2.76. The molecule has 0 radical (unpaired) electrons. The molecule has 0 saturated heterocycles. The van der Waals surface area contributed by atoms with E-state index in [0.717, 1.165) is 16.7 Å². The number of carbonyl (C=O) groups excluding carboxylic acids is 2. The Morgan fingerprint density at radius 3 is 2.07 bits per heavy atom. The third-order valence-electron chi connectivity index (χ3n) is 5.16. The number of aliphatic hydroxyl groups excluding tert-OH is 1. The predicted molar refractivity (Wildman–Crippen MR) is 115 cm³/mol. The van der Waals surface area contributed by atoms with Crippen LogP contribution in [0.3, 0.4) is 0 Å². The average molecular weight is 380 g/mol. The van der Waals surface area contributed by atoms with E-state index in [2.05, 4.69) is 0 Å². The number of benzene rings is 3. The number of rotatable bonds is 4. The van der Waals surface area contributed by atoms with E-state index in [1.165, 1.54) is 0 Å². The molecule has 3 nitrogen and oxygen atoms in total. The van der Waals surface area contributed by atoms with Gasteiger partial charge in [0, 0.05) is 17.0 Å². The number of fused-ring (bicyclic) bond motifs is 1. The lowest BCUT2D eigenvalue weighted by molar-refractivity contribution is -0.112. The Morgan fingerprint density at radius 1 is 0.759 bits per heavy atom. The van der Waals surface area contributed by atoms with E-state index in [0.29, 0.717) is 5.56 Å². The maximum Gasteiger partial charge on any atom is 0.234 e. The van der Waals surface area contributed by atoms with Crippen LogP contribution in [0.15, 0.2) is 90.5 Å². The minimum atomic E-state index is -0.663. The molecule has 1 aliphatic rings. The maximum atomic E-state index is 13.0. The van der Waals surface area contributed by atoms with E-state index in [4.69, 9.17) is 0 Å². The molecule has 1 aliphatic carbocycles. The normalized spacial score (nSPS) is 14.9. The molecule has 4 rings (SSSR count). The van der Waals surface area contributed by atoms with Crippen molar-refractivity contribution in [2.75, 3.05) is 0 Å². The van der Waals surface area contributed by atoms with Crippen LogP contribution in [0.4, 0.5) is 0 Å². The summed E-state index contributed by atoms with van der Waals surface area (Å²) in [4.78, 5) is 25.7. The Bertz CT molecular complexity index is 1140. The lowest BCUT2D eigenvalue weighted by Gasteiger charge is -2.23. The number of aryl methyl sites for hydroxylation is 1. The lowest BCUT2D eigenvalue weighted by atomic mass is 9.79. The van der Waals surface area contributed by atoms with Crippen molar-refractivity contribution >= 4 is 23.4 Å². The standard InChI is InChI=1S/C26H20O3/c1-17-11-14-19(15-12-17)20(16-13-18-7-3-2-4-8-18)23-24(27)21-9-5-6-10-22(21)25(28)26(23)29/h2-16,20,27H,1H3/b16-13+. The SMILES string of the molecule is Cc1ccc(C(/C=C/c2ccccc2)C2=C(O)c3ccccc3C(=O)C2=O)cc1. The number of carbonyl (C=O) groups is 2. The fourth-order valence-corrected chi connectivity index (χ4v) is 3.59. The highest BCUT2D eigenvalue weighted by Crippen LogP contribution is 2.37. The lowest BCUT2D eigenvalue weighted by Crippen LogP contribution is -2.27. The van der Waals surface area contributed by atoms with E-state index in [-0.39, 0.29) is 16.9 Å². The Labute approximate surface area is 169 Å². The van der Waals surface area contributed by atoms with Gasteiger partial charge < -0.3 is 5.11 Å². The van der Waals surface area contributed by atoms with Gasteiger partial charge in [-0.05, 0) is 18.1 Å². The van der Waals surface area contributed by atoms with Gasteiger partial charge in [0.05, 0.1) is 5.57 Å². The zero-order valence-corrected chi connectivity index (χ0v) is 16.0. The summed E-state index contributed by atoms with van der Waals surface area (Å²) in [7, 11) is 0. The molecule has 0 spiro atoms. The van der Waals surface area contributed by atoms with Gasteiger partial charge >= 0.3 is 0 Å². The smallest absolute Gasteiger partial charge is 0.234 e. The fraction of sp³-hybridized carbons (Fsp3) is 0.0769. The Balaban J connectivity index is 1.88. The highest BCUT2D eigenvalue weighted by molar-refractivity contribution is 6.52. The first-order valence-corrected chi connectivity index (χ1v) is 9.47. The van der Waals surface area contributed by atoms with Gasteiger partial charge in [0.1, 0.15) is 5.76 Å². The van der Waals surface area contributed by atoms with Crippen molar-refractivity contribution in [2.45, 2.75) is 12.8 Å². The number of aliphatic hydroxyl groups is 1. The Kier molecular flexibility index (Phi) is 4.96. The molecule has 0 aromatic heterocycles. The van der Waals surface area contributed by atoms with Crippen LogP contribution in [0.2, 0.25) is 0 Å². The molecule has 0 fully saturated rings. The fourth-order valence-electron chi connectivity index (χ4n) is 3.59. The first kappa shape index (κ1) is 18.6. The third kappa shape index (κ3) is 3.55. The van der Waals surface area contributed by atoms with Gasteiger partial charge in [-0.2, -0.15) is 0 Å². The second kappa shape index (κ2) is 7.72. The van der Waals surface area contributed by atoms with E-state index >= 15 is 0 Å². The van der Waals surface area contributed by atoms with E-state index in [1.54, 1.807) is 24.3 Å². The zero-order valence-electron chi connectivity index (χ0n) is 16.0. The molecular formula is C26H20O3. The van der Waals surface area contributed by atoms with E-state index in [9.17, 15) is 14.7 Å². The highest BCUT2D eigenvalue weighted by Gasteiger charge is 2.36. The van der Waals surface area contributed by atoms with E-state index < -0.39 is 17.5 Å². The van der Waals surface area contributed by atoms with Gasteiger partial charge in [-0.15, -0.1) is 0 Å². The van der Waals surface area contributed by atoms with Crippen LogP contribution < -0.4 is 0 Å². The molecule has 0 aliphatic heterocycles. The molecule has 29 heavy (non-hydrogen) atoms. The van der Waals surface area contributed by atoms with Crippen LogP contribution >= 0.6 is 0 Å². The van der Waals surface area contributed by atoms with Gasteiger partial charge in [0.2, 0.25) is 11.6 Å². The topological polar surface area (TPSA) is 54.4 Å². The van der Waals surface area contributed by atoms with Crippen LogP contribution in [0.1, 0.15) is 38.5 Å². The summed E-state index contributed by atoms with van der Waals surface area (Å²) in [5.74, 6) is -1.92. The van der Waals surface area contributed by atoms with Crippen molar-refractivity contribution in [3.63, 3.8) is 0 Å². The van der Waals surface area contributed by atoms with Crippen LogP contribution in [-0.2, 0) is 4.79 Å². The molecular weight excluding hydrogens is 360 g/mol. The second-order valence-electron chi connectivity index (χ2n) is 7.12. The minimum absolute atomic E-state index is 0.115. The first-order chi connectivity index (χ1) is 14.1. The quantitative estimate of drug-likeness (QED) is 0.606. The summed E-state index contributed by atoms with van der Waals surface area (Å²) >= 11 is 0. The largest absolute Gasteiger partial charge is 0.507 e. The van der Waals surface area contributed by atoms with Crippen LogP contribution in [-0.4, -0.2) is 16.7 Å². The summed E-state index contributed by atoms with van der Waals surface area (Å²) < 4.78 is 0. The highest BCUT2D eigenvalue weighted by atomic mass is 16.3. The second-order valence-corrected chi connectivity index (χ2v) is 7.12. The predicted octanol–water partition coefficient (Wildman–Crippen LogP) is 5.53. The molecule has 0 amide bonds. The Morgan fingerprint density at radius 2 is 1.38 bits per heavy atom. The van der Waals surface area contributed by atoms with Gasteiger partial charge in [-0.3, -0.25) is 9.59 Å². The third-order valence-corrected chi connectivity index (χ3v) is 5.16. The molecule has 3 aromatic rings. The maximum absolute atomic E-state index is 13.0. The van der Waals surface area contributed by atoms with Crippen molar-refractivity contribution in [1.29, 1.82) is 0 Å². The summed E-state index contributed by atoms with van der Waals surface area (Å²) in [6, 6.07) is 24.2. The van der Waals surface area contributed by atoms with Crippen molar-refractivity contribution < 1.29 is 14.7 Å². The molecule has 1 atom stereocenters. The van der Waals surface area contributed by atoms with Crippen LogP contribution in [0.5, 0.6) is 0 Å². The van der Waals surface area contributed by atoms with Crippen molar-refractivity contribution in [1.82, 2.24) is 0 Å². The molecule has 142 valence electrons. The molecule has 0 bridgehead atoms. The molecule has 0 heterocycles. The number of hydrogen-bond donors (Lipinski definition) is 1. The van der Waals surface area contributed by atoms with Gasteiger partial charge in [-0.25, -0.2) is 0 Å². The van der Waals surface area contributed by atoms with Gasteiger partial charge in [-0.1, -0.05) is 96.6 Å². The summed E-state index contributed by atoms with van der Waals surface area (Å²) in [6.07, 6.45) is 3.77. The zero-order chi connectivity index (χ0) is 20.4. The van der Waals surface area contributed by atoms with Crippen LogP contribution in [0.25, 0.3) is 11.8 Å². The van der Waals surface area contributed by atoms with E-state index in [1.807, 2.05) is 73.7 Å². The Hall–Kier alpha value is -3.72. The molecule has 3 aromatic carbocycles. The van der Waals surface area contributed by atoms with Crippen molar-refractivity contribution in [3.8, 4) is 0 Å². The van der Waals surface area contributed by atoms with Crippen molar-refractivity contribution in [2.24, 2.45) is 0 Å². The summed E-state index contributed by atoms with van der Waals surface area (Å²) in [6.45, 7) is 1.99. The number of ketones is 2. The first-order valence-electron chi connectivity index (χ1n) is 9.47. The molecule has 0 saturated carbocycles. The number of Topliss-reactive ketones (excluding diaryl/α,β-unsaturated/α-hetero) is 2. The molecule has 3 heteroatoms. The summed E-state index contributed by atoms with van der Waals surface area (Å²) in [5, 5.41) is 11.0. The van der Waals surface area contributed by atoms with Gasteiger partial charge in [0.25, 0.3) is 0 Å². The number of allylic oxidation sites excluding steroid dienone is 2. The number of hydrogen-bond acceptors (Lipinski definition) is 3. The van der Waals surface area contributed by atoms with Gasteiger partial charge in [0.15, 0.2) is 0 Å². The molecule has 1 N–H and O–H groups in total. The summed E-state index contributed by atoms with van der Waals surface area (Å²) in [5.41, 5.74) is 3.66. The van der Waals surface area contributed by atoms with Crippen molar-refractivity contribution in [3.05, 3.63) is 118 Å².